The Hall–Kier alpha value is -1.70. The zero-order valence-electron chi connectivity index (χ0n) is 7.70. The van der Waals surface area contributed by atoms with Gasteiger partial charge in [-0.25, -0.2) is 0 Å². The fourth-order valence-corrected chi connectivity index (χ4v) is 1.20. The van der Waals surface area contributed by atoms with Gasteiger partial charge in [0.15, 0.2) is 0 Å². The van der Waals surface area contributed by atoms with Gasteiger partial charge in [-0.05, 0) is 27.5 Å². The summed E-state index contributed by atoms with van der Waals surface area (Å²) in [5.74, 6) is 5.45. The molecule has 0 aromatic carbocycles. The van der Waals surface area contributed by atoms with Gasteiger partial charge in [0.1, 0.15) is 0 Å². The molecule has 0 unspecified atom stereocenters. The van der Waals surface area contributed by atoms with Gasteiger partial charge in [-0.15, -0.1) is 0 Å². The third-order valence-corrected chi connectivity index (χ3v) is 1.95. The third kappa shape index (κ3) is 3.90. The van der Waals surface area contributed by atoms with Crippen LogP contribution in [0.2, 0.25) is 0 Å². The number of H-pyrrole nitrogens is 1. The molecule has 0 spiro atoms. The summed E-state index contributed by atoms with van der Waals surface area (Å²) in [7, 11) is 0. The van der Waals surface area contributed by atoms with E-state index in [1.165, 1.54) is 0 Å². The van der Waals surface area contributed by atoms with Gasteiger partial charge in [-0.1, -0.05) is 17.0 Å². The Kier molecular flexibility index (Phi) is 4.48. The summed E-state index contributed by atoms with van der Waals surface area (Å²) in [4.78, 5) is 16.4. The Bertz CT molecular complexity index is 505. The number of rotatable bonds is 2. The van der Waals surface area contributed by atoms with Crippen LogP contribution in [0.4, 0.5) is 0 Å². The highest BCUT2D eigenvalue weighted by Crippen LogP contribution is 2.05. The molecule has 0 atom stereocenters. The maximum Gasteiger partial charge on any atom is 0.263 e. The number of nitrogens with zero attached hydrogens (tertiary/aromatic N) is 3. The average Bonchev–Trinajstić information content (AvgIpc) is 2.23. The second-order valence-electron chi connectivity index (χ2n) is 2.57. The molecule has 1 rings (SSSR count). The van der Waals surface area contributed by atoms with Crippen LogP contribution in [0.1, 0.15) is 12.0 Å². The molecular weight excluding hydrogens is 260 g/mol. The zero-order chi connectivity index (χ0) is 11.1. The summed E-state index contributed by atoms with van der Waals surface area (Å²) in [6.07, 6.45) is 1.99. The molecule has 0 aliphatic heterocycles. The molecule has 5 nitrogen and oxygen atoms in total. The maximum atomic E-state index is 11.2. The van der Waals surface area contributed by atoms with E-state index >= 15 is 0 Å². The Morgan fingerprint density at radius 1 is 1.67 bits per heavy atom. The van der Waals surface area contributed by atoms with E-state index < -0.39 is 0 Å². The molecule has 0 aliphatic carbocycles. The molecular formula is C9H7BrN4O. The number of halogens is 1. The fraction of sp³-hybridized carbons (Fsp3) is 0.222. The van der Waals surface area contributed by atoms with Crippen molar-refractivity contribution in [3.05, 3.63) is 43.1 Å². The zero-order valence-corrected chi connectivity index (χ0v) is 9.28. The van der Waals surface area contributed by atoms with Gasteiger partial charge in [0.05, 0.1) is 5.56 Å². The Balaban J connectivity index is 2.75. The van der Waals surface area contributed by atoms with Crippen molar-refractivity contribution < 1.29 is 0 Å². The number of azide groups is 1. The highest BCUT2D eigenvalue weighted by molar-refractivity contribution is 9.10. The lowest BCUT2D eigenvalue weighted by Crippen LogP contribution is -2.08. The van der Waals surface area contributed by atoms with Crippen molar-refractivity contribution in [1.82, 2.24) is 4.98 Å². The first-order valence-corrected chi connectivity index (χ1v) is 4.91. The second kappa shape index (κ2) is 5.91. The fourth-order valence-electron chi connectivity index (χ4n) is 0.859. The molecule has 1 aromatic rings. The first-order valence-electron chi connectivity index (χ1n) is 4.12. The summed E-state index contributed by atoms with van der Waals surface area (Å²) in [6, 6.07) is 1.64. The van der Waals surface area contributed by atoms with Crippen LogP contribution in [-0.2, 0) is 0 Å². The van der Waals surface area contributed by atoms with Gasteiger partial charge < -0.3 is 4.98 Å². The van der Waals surface area contributed by atoms with E-state index in [2.05, 4.69) is 42.8 Å². The number of nitrogens with one attached hydrogen (secondary N) is 1. The molecule has 15 heavy (non-hydrogen) atoms. The molecule has 1 aromatic heterocycles. The van der Waals surface area contributed by atoms with Crippen LogP contribution in [0.3, 0.4) is 0 Å². The van der Waals surface area contributed by atoms with E-state index in [4.69, 9.17) is 5.53 Å². The molecule has 0 saturated heterocycles. The van der Waals surface area contributed by atoms with Crippen LogP contribution in [0.15, 0.2) is 26.6 Å². The Morgan fingerprint density at radius 3 is 3.20 bits per heavy atom. The minimum absolute atomic E-state index is 0.227. The van der Waals surface area contributed by atoms with E-state index in [0.717, 1.165) is 4.47 Å². The molecule has 0 bridgehead atoms. The van der Waals surface area contributed by atoms with Gasteiger partial charge >= 0.3 is 0 Å². The summed E-state index contributed by atoms with van der Waals surface area (Å²) in [5.41, 5.74) is 8.18. The van der Waals surface area contributed by atoms with E-state index in [1.54, 1.807) is 12.3 Å². The van der Waals surface area contributed by atoms with Crippen LogP contribution in [0.5, 0.6) is 0 Å². The molecule has 0 aliphatic rings. The summed E-state index contributed by atoms with van der Waals surface area (Å²) in [5, 5.41) is 3.33. The second-order valence-corrected chi connectivity index (χ2v) is 3.48. The highest BCUT2D eigenvalue weighted by Gasteiger charge is 1.95. The SMILES string of the molecule is [N-]=[N+]=NCCC#Cc1cc(Br)c[nH]c1=O. The monoisotopic (exact) mass is 266 g/mol. The minimum Gasteiger partial charge on any atom is -0.327 e. The normalized spacial score (nSPS) is 8.60. The number of pyridine rings is 1. The molecule has 0 radical (unpaired) electrons. The molecule has 1 N–H and O–H groups in total. The lowest BCUT2D eigenvalue weighted by molar-refractivity contribution is 1.01. The van der Waals surface area contributed by atoms with Crippen LogP contribution >= 0.6 is 15.9 Å². The molecule has 0 saturated carbocycles. The Morgan fingerprint density at radius 2 is 2.47 bits per heavy atom. The molecule has 6 heteroatoms. The van der Waals surface area contributed by atoms with E-state index in [-0.39, 0.29) is 5.56 Å². The predicted octanol–water partition coefficient (Wildman–Crippen LogP) is 2.19. The third-order valence-electron chi connectivity index (χ3n) is 1.49. The summed E-state index contributed by atoms with van der Waals surface area (Å²) in [6.45, 7) is 0.315. The van der Waals surface area contributed by atoms with Gasteiger partial charge in [-0.2, -0.15) is 0 Å². The van der Waals surface area contributed by atoms with E-state index in [1.807, 2.05) is 0 Å². The van der Waals surface area contributed by atoms with Gasteiger partial charge in [0, 0.05) is 28.5 Å². The minimum atomic E-state index is -0.227. The summed E-state index contributed by atoms with van der Waals surface area (Å²) >= 11 is 3.23. The first-order chi connectivity index (χ1) is 7.24. The lowest BCUT2D eigenvalue weighted by Gasteiger charge is -1.90. The molecule has 0 amide bonds. The quantitative estimate of drug-likeness (QED) is 0.288. The number of aromatic amines is 1. The van der Waals surface area contributed by atoms with Crippen molar-refractivity contribution in [2.75, 3.05) is 6.54 Å². The predicted molar refractivity (Wildman–Crippen MR) is 60.3 cm³/mol. The molecule has 76 valence electrons. The van der Waals surface area contributed by atoms with E-state index in [9.17, 15) is 4.79 Å². The van der Waals surface area contributed by atoms with Crippen LogP contribution in [0.25, 0.3) is 10.4 Å². The van der Waals surface area contributed by atoms with Crippen LogP contribution in [0, 0.1) is 11.8 Å². The van der Waals surface area contributed by atoms with Gasteiger partial charge in [0.25, 0.3) is 5.56 Å². The van der Waals surface area contributed by atoms with Crippen molar-refractivity contribution >= 4 is 15.9 Å². The standard InChI is InChI=1S/C9H7BrN4O/c10-8-5-7(9(15)12-6-8)3-1-2-4-13-14-11/h5-6H,2,4H2,(H,12,15). The van der Waals surface area contributed by atoms with Crippen molar-refractivity contribution in [1.29, 1.82) is 0 Å². The smallest absolute Gasteiger partial charge is 0.263 e. The van der Waals surface area contributed by atoms with Gasteiger partial charge in [-0.3, -0.25) is 4.79 Å². The number of hydrogen-bond donors (Lipinski definition) is 1. The molecule has 1 heterocycles. The first kappa shape index (κ1) is 11.4. The average molecular weight is 267 g/mol. The topological polar surface area (TPSA) is 81.6 Å². The number of hydrogen-bond acceptors (Lipinski definition) is 2. The number of aromatic nitrogens is 1. The maximum absolute atomic E-state index is 11.2. The van der Waals surface area contributed by atoms with Crippen molar-refractivity contribution in [2.45, 2.75) is 6.42 Å². The lowest BCUT2D eigenvalue weighted by atomic mass is 10.3. The van der Waals surface area contributed by atoms with Crippen LogP contribution < -0.4 is 5.56 Å². The van der Waals surface area contributed by atoms with Crippen molar-refractivity contribution in [3.8, 4) is 11.8 Å². The van der Waals surface area contributed by atoms with Gasteiger partial charge in [0.2, 0.25) is 0 Å². The van der Waals surface area contributed by atoms with Crippen molar-refractivity contribution in [3.63, 3.8) is 0 Å². The Labute approximate surface area is 94.3 Å². The highest BCUT2D eigenvalue weighted by atomic mass is 79.9. The van der Waals surface area contributed by atoms with Crippen molar-refractivity contribution in [2.24, 2.45) is 5.11 Å². The summed E-state index contributed by atoms with van der Waals surface area (Å²) < 4.78 is 0.765. The van der Waals surface area contributed by atoms with Crippen LogP contribution in [-0.4, -0.2) is 11.5 Å². The largest absolute Gasteiger partial charge is 0.327 e. The van der Waals surface area contributed by atoms with E-state index in [0.29, 0.717) is 18.5 Å². The molecule has 0 fully saturated rings.